The van der Waals surface area contributed by atoms with E-state index < -0.39 is 17.1 Å². The normalized spacial score (nSPS) is 11.7. The fourth-order valence-electron chi connectivity index (χ4n) is 1.46. The van der Waals surface area contributed by atoms with Gasteiger partial charge in [-0.1, -0.05) is 19.1 Å². The van der Waals surface area contributed by atoms with Crippen molar-refractivity contribution in [1.29, 1.82) is 0 Å². The molecule has 0 unspecified atom stereocenters. The van der Waals surface area contributed by atoms with Crippen molar-refractivity contribution in [2.24, 2.45) is 5.73 Å². The number of rotatable bonds is 7. The van der Waals surface area contributed by atoms with Gasteiger partial charge in [-0.3, -0.25) is 9.63 Å². The number of nitrogens with zero attached hydrogens (tertiary/aromatic N) is 1. The van der Waals surface area contributed by atoms with Crippen LogP contribution in [0, 0.1) is 10.1 Å². The van der Waals surface area contributed by atoms with Crippen molar-refractivity contribution >= 4 is 5.97 Å². The lowest BCUT2D eigenvalue weighted by Gasteiger charge is -2.11. The largest absolute Gasteiger partial charge is 0.465 e. The van der Waals surface area contributed by atoms with E-state index in [4.69, 9.17) is 10.5 Å². The van der Waals surface area contributed by atoms with Crippen LogP contribution in [0.2, 0.25) is 0 Å². The number of nitrogens with two attached hydrogens (primary N) is 1. The maximum absolute atomic E-state index is 11.5. The minimum atomic E-state index is -0.894. The molecule has 1 atom stereocenters. The van der Waals surface area contributed by atoms with Gasteiger partial charge in [0.2, 0.25) is 0 Å². The molecule has 0 spiro atoms. The van der Waals surface area contributed by atoms with Gasteiger partial charge >= 0.3 is 5.97 Å². The van der Waals surface area contributed by atoms with Crippen LogP contribution in [0.5, 0.6) is 5.75 Å². The van der Waals surface area contributed by atoms with E-state index in [-0.39, 0.29) is 12.2 Å². The van der Waals surface area contributed by atoms with E-state index >= 15 is 0 Å². The van der Waals surface area contributed by atoms with Crippen LogP contribution in [0.4, 0.5) is 0 Å². The number of carbonyl (C=O) groups excluding carboxylic acids is 1. The minimum Gasteiger partial charge on any atom is -0.465 e. The van der Waals surface area contributed by atoms with E-state index in [0.717, 1.165) is 6.42 Å². The Kier molecular flexibility index (Phi) is 5.74. The number of hydrogen-bond donors (Lipinski definition) is 1. The molecule has 1 aromatic rings. The van der Waals surface area contributed by atoms with E-state index in [2.05, 4.69) is 4.84 Å². The van der Waals surface area contributed by atoms with E-state index in [9.17, 15) is 14.9 Å². The molecule has 1 aromatic carbocycles. The molecule has 1 rings (SSSR count). The van der Waals surface area contributed by atoms with Crippen LogP contribution in [-0.4, -0.2) is 23.7 Å². The second kappa shape index (κ2) is 7.32. The van der Waals surface area contributed by atoms with Crippen LogP contribution in [0.3, 0.4) is 0 Å². The summed E-state index contributed by atoms with van der Waals surface area (Å²) < 4.78 is 4.92. The molecule has 19 heavy (non-hydrogen) atoms. The zero-order valence-corrected chi connectivity index (χ0v) is 10.6. The van der Waals surface area contributed by atoms with Crippen LogP contribution >= 0.6 is 0 Å². The van der Waals surface area contributed by atoms with Gasteiger partial charge < -0.3 is 10.5 Å². The highest BCUT2D eigenvalue weighted by Gasteiger charge is 2.15. The summed E-state index contributed by atoms with van der Waals surface area (Å²) in [5, 5.41) is 9.32. The van der Waals surface area contributed by atoms with E-state index in [0.29, 0.717) is 12.2 Å². The Balaban J connectivity index is 2.60. The van der Waals surface area contributed by atoms with Crippen LogP contribution < -0.4 is 10.6 Å². The Hall–Kier alpha value is -2.15. The number of hydrogen-bond acceptors (Lipinski definition) is 6. The Bertz CT molecular complexity index is 450. The molecule has 0 aromatic heterocycles. The van der Waals surface area contributed by atoms with Crippen molar-refractivity contribution in [2.45, 2.75) is 25.8 Å². The lowest BCUT2D eigenvalue weighted by atomic mass is 10.1. The van der Waals surface area contributed by atoms with Crippen molar-refractivity contribution < 1.29 is 19.5 Å². The van der Waals surface area contributed by atoms with Crippen molar-refractivity contribution in [2.75, 3.05) is 6.61 Å². The molecule has 0 aliphatic rings. The molecule has 0 radical (unpaired) electrons. The van der Waals surface area contributed by atoms with Crippen molar-refractivity contribution in [3.8, 4) is 5.75 Å². The fraction of sp³-hybridized carbons (Fsp3) is 0.417. The topological polar surface area (TPSA) is 105 Å². The summed E-state index contributed by atoms with van der Waals surface area (Å²) in [6.45, 7) is 2.22. The van der Waals surface area contributed by atoms with Crippen LogP contribution in [-0.2, 0) is 16.0 Å². The van der Waals surface area contributed by atoms with Gasteiger partial charge in [-0.2, -0.15) is 0 Å². The predicted molar refractivity (Wildman–Crippen MR) is 67.0 cm³/mol. The number of ether oxygens (including phenoxy) is 1. The molecule has 0 heterocycles. The lowest BCUT2D eigenvalue weighted by molar-refractivity contribution is -0.711. The Morgan fingerprint density at radius 1 is 1.53 bits per heavy atom. The Morgan fingerprint density at radius 2 is 2.26 bits per heavy atom. The summed E-state index contributed by atoms with van der Waals surface area (Å²) in [6, 6.07) is 5.43. The van der Waals surface area contributed by atoms with Crippen molar-refractivity contribution in [3.63, 3.8) is 0 Å². The average Bonchev–Trinajstić information content (AvgIpc) is 2.35. The smallest absolute Gasteiger partial charge is 0.323 e. The molecular weight excluding hydrogens is 252 g/mol. The van der Waals surface area contributed by atoms with Crippen molar-refractivity contribution in [3.05, 3.63) is 39.9 Å². The quantitative estimate of drug-likeness (QED) is 0.450. The third-order valence-corrected chi connectivity index (χ3v) is 2.29. The van der Waals surface area contributed by atoms with E-state index in [1.54, 1.807) is 12.1 Å². The van der Waals surface area contributed by atoms with Crippen LogP contribution in [0.15, 0.2) is 24.3 Å². The van der Waals surface area contributed by atoms with Gasteiger partial charge in [0.15, 0.2) is 0 Å². The van der Waals surface area contributed by atoms with Gasteiger partial charge in [0, 0.05) is 0 Å². The number of esters is 1. The summed E-state index contributed by atoms with van der Waals surface area (Å²) in [5.74, 6) is -0.390. The first kappa shape index (κ1) is 14.9. The third kappa shape index (κ3) is 5.35. The fourth-order valence-corrected chi connectivity index (χ4v) is 1.46. The zero-order valence-electron chi connectivity index (χ0n) is 10.6. The molecular formula is C12H16N2O5. The maximum atomic E-state index is 11.5. The highest BCUT2D eigenvalue weighted by Crippen LogP contribution is 2.14. The van der Waals surface area contributed by atoms with Gasteiger partial charge in [-0.05, 0) is 30.5 Å². The first-order valence-corrected chi connectivity index (χ1v) is 5.86. The lowest BCUT2D eigenvalue weighted by Crippen LogP contribution is -2.34. The SMILES string of the molecule is CCCOC(=O)[C@@H](N)Cc1cccc(O[N+](=O)[O-])c1. The molecule has 7 nitrogen and oxygen atoms in total. The van der Waals surface area contributed by atoms with E-state index in [1.165, 1.54) is 12.1 Å². The summed E-state index contributed by atoms with van der Waals surface area (Å²) in [5.41, 5.74) is 6.36. The van der Waals surface area contributed by atoms with Crippen LogP contribution in [0.1, 0.15) is 18.9 Å². The Labute approximate surface area is 110 Å². The Morgan fingerprint density at radius 3 is 2.89 bits per heavy atom. The van der Waals surface area contributed by atoms with Gasteiger partial charge in [0.05, 0.1) is 6.61 Å². The first-order valence-electron chi connectivity index (χ1n) is 5.86. The summed E-state index contributed by atoms with van der Waals surface area (Å²) in [6.07, 6.45) is 0.960. The standard InChI is InChI=1S/C12H16N2O5/c1-2-6-18-12(15)11(13)8-9-4-3-5-10(7-9)19-14(16)17/h3-5,7,11H,2,6,8,13H2,1H3/t11-/m0/s1. The zero-order chi connectivity index (χ0) is 14.3. The van der Waals surface area contributed by atoms with E-state index in [1.807, 2.05) is 6.92 Å². The molecule has 104 valence electrons. The highest BCUT2D eigenvalue weighted by molar-refractivity contribution is 5.75. The number of benzene rings is 1. The van der Waals surface area contributed by atoms with Gasteiger partial charge in [0.1, 0.15) is 11.8 Å². The molecule has 0 saturated heterocycles. The average molecular weight is 268 g/mol. The molecule has 0 aliphatic carbocycles. The first-order chi connectivity index (χ1) is 9.02. The van der Waals surface area contributed by atoms with Gasteiger partial charge in [-0.25, -0.2) is 0 Å². The highest BCUT2D eigenvalue weighted by atomic mass is 17.0. The molecule has 0 bridgehead atoms. The maximum Gasteiger partial charge on any atom is 0.323 e. The second-order valence-electron chi connectivity index (χ2n) is 3.94. The second-order valence-corrected chi connectivity index (χ2v) is 3.94. The monoisotopic (exact) mass is 268 g/mol. The summed E-state index contributed by atoms with van der Waals surface area (Å²) >= 11 is 0. The predicted octanol–water partition coefficient (Wildman–Crippen LogP) is 1.08. The minimum absolute atomic E-state index is 0.0941. The number of carbonyl (C=O) groups is 1. The molecule has 2 N–H and O–H groups in total. The summed E-state index contributed by atoms with van der Waals surface area (Å²) in [7, 11) is 0. The van der Waals surface area contributed by atoms with Crippen LogP contribution in [0.25, 0.3) is 0 Å². The molecule has 0 saturated carbocycles. The third-order valence-electron chi connectivity index (χ3n) is 2.29. The molecule has 0 aliphatic heterocycles. The molecule has 7 heteroatoms. The van der Waals surface area contributed by atoms with Gasteiger partial charge in [-0.15, -0.1) is 10.1 Å². The van der Waals surface area contributed by atoms with Crippen molar-refractivity contribution in [1.82, 2.24) is 0 Å². The molecule has 0 fully saturated rings. The van der Waals surface area contributed by atoms with Gasteiger partial charge in [0.25, 0.3) is 5.09 Å². The summed E-state index contributed by atoms with van der Waals surface area (Å²) in [4.78, 5) is 26.0. The molecule has 0 amide bonds.